The van der Waals surface area contributed by atoms with Gasteiger partial charge in [-0.25, -0.2) is 0 Å². The molecule has 0 radical (unpaired) electrons. The third kappa shape index (κ3) is 3.83. The van der Waals surface area contributed by atoms with E-state index in [0.717, 1.165) is 23.9 Å². The molecular formula is C28H44N2. The Hall–Kier alpha value is -1.02. The van der Waals surface area contributed by atoms with E-state index in [-0.39, 0.29) is 0 Å². The molecule has 3 atom stereocenters. The zero-order valence-corrected chi connectivity index (χ0v) is 19.6. The lowest BCUT2D eigenvalue weighted by molar-refractivity contribution is 0.0369. The minimum Gasteiger partial charge on any atom is -0.351 e. The van der Waals surface area contributed by atoms with Crippen LogP contribution in [0.1, 0.15) is 102 Å². The first-order valence-electron chi connectivity index (χ1n) is 13.4. The van der Waals surface area contributed by atoms with E-state index in [1.165, 1.54) is 101 Å². The first-order chi connectivity index (χ1) is 14.8. The topological polar surface area (TPSA) is 6.48 Å². The minimum atomic E-state index is 0.634. The Morgan fingerprint density at radius 2 is 1.27 bits per heavy atom. The Bertz CT molecular complexity index is 682. The van der Waals surface area contributed by atoms with Crippen molar-refractivity contribution in [3.63, 3.8) is 0 Å². The Morgan fingerprint density at radius 1 is 0.700 bits per heavy atom. The van der Waals surface area contributed by atoms with Gasteiger partial charge in [0.25, 0.3) is 0 Å². The largest absolute Gasteiger partial charge is 0.351 e. The SMILES string of the molecule is Cc1ccccc1N1C(C2CCCCC2)N(C2CCCCC2)C(C2CCCC2)[C@@H]1C. The molecule has 2 heteroatoms. The van der Waals surface area contributed by atoms with Gasteiger partial charge in [0.05, 0.1) is 6.17 Å². The summed E-state index contributed by atoms with van der Waals surface area (Å²) in [7, 11) is 0. The van der Waals surface area contributed by atoms with Crippen LogP contribution in [0.5, 0.6) is 0 Å². The van der Waals surface area contributed by atoms with Crippen LogP contribution in [0.15, 0.2) is 24.3 Å². The molecule has 0 bridgehead atoms. The van der Waals surface area contributed by atoms with E-state index in [0.29, 0.717) is 12.2 Å². The molecule has 30 heavy (non-hydrogen) atoms. The van der Waals surface area contributed by atoms with E-state index in [1.807, 2.05) is 0 Å². The summed E-state index contributed by atoms with van der Waals surface area (Å²) in [5.41, 5.74) is 3.00. The fraction of sp³-hybridized carbons (Fsp3) is 0.786. The van der Waals surface area contributed by atoms with E-state index in [9.17, 15) is 0 Å². The standard InChI is InChI=1S/C28H44N2/c1-21-13-9-12-20-26(21)29-22(2)27(23-14-10-11-15-23)30(25-18-7-4-8-19-25)28(29)24-16-5-3-6-17-24/h9,12-13,20,22-25,27-28H,3-8,10-11,14-19H2,1-2H3/t22-,27?,28?/m0/s1. The number of para-hydroxylation sites is 1. The molecular weight excluding hydrogens is 364 g/mol. The molecule has 1 aromatic carbocycles. The monoisotopic (exact) mass is 408 g/mol. The van der Waals surface area contributed by atoms with Crippen molar-refractivity contribution < 1.29 is 0 Å². The molecule has 0 spiro atoms. The average molecular weight is 409 g/mol. The quantitative estimate of drug-likeness (QED) is 0.515. The Labute approximate surface area is 185 Å². The van der Waals surface area contributed by atoms with Crippen LogP contribution in [0.2, 0.25) is 0 Å². The molecule has 166 valence electrons. The summed E-state index contributed by atoms with van der Waals surface area (Å²) in [6.07, 6.45) is 21.0. The third-order valence-corrected chi connectivity index (χ3v) is 9.21. The van der Waals surface area contributed by atoms with Gasteiger partial charge in [-0.15, -0.1) is 0 Å². The Balaban J connectivity index is 1.57. The zero-order chi connectivity index (χ0) is 20.5. The van der Waals surface area contributed by atoms with Crippen LogP contribution in [0, 0.1) is 18.8 Å². The van der Waals surface area contributed by atoms with Crippen molar-refractivity contribution in [1.29, 1.82) is 0 Å². The van der Waals surface area contributed by atoms with E-state index >= 15 is 0 Å². The van der Waals surface area contributed by atoms with Crippen LogP contribution in [0.4, 0.5) is 5.69 Å². The minimum absolute atomic E-state index is 0.634. The predicted octanol–water partition coefficient (Wildman–Crippen LogP) is 7.30. The predicted molar refractivity (Wildman–Crippen MR) is 128 cm³/mol. The van der Waals surface area contributed by atoms with Crippen LogP contribution >= 0.6 is 0 Å². The summed E-state index contributed by atoms with van der Waals surface area (Å²) in [6, 6.07) is 11.5. The second kappa shape index (κ2) is 9.23. The maximum absolute atomic E-state index is 3.17. The average Bonchev–Trinajstić information content (AvgIpc) is 3.41. The van der Waals surface area contributed by atoms with Crippen molar-refractivity contribution in [2.24, 2.45) is 11.8 Å². The highest BCUT2D eigenvalue weighted by Crippen LogP contribution is 2.48. The van der Waals surface area contributed by atoms with Gasteiger partial charge >= 0.3 is 0 Å². The smallest absolute Gasteiger partial charge is 0.0858 e. The second-order valence-corrected chi connectivity index (χ2v) is 11.0. The molecule has 4 aliphatic rings. The molecule has 2 unspecified atom stereocenters. The lowest BCUT2D eigenvalue weighted by Crippen LogP contribution is -2.53. The van der Waals surface area contributed by atoms with Crippen molar-refractivity contribution in [3.8, 4) is 0 Å². The fourth-order valence-corrected chi connectivity index (χ4v) is 7.87. The van der Waals surface area contributed by atoms with Crippen LogP contribution in [0.25, 0.3) is 0 Å². The highest BCUT2D eigenvalue weighted by atomic mass is 15.5. The first kappa shape index (κ1) is 20.9. The zero-order valence-electron chi connectivity index (χ0n) is 19.6. The summed E-state index contributed by atoms with van der Waals surface area (Å²) >= 11 is 0. The molecule has 3 saturated carbocycles. The molecule has 1 heterocycles. The lowest BCUT2D eigenvalue weighted by Gasteiger charge is -2.45. The van der Waals surface area contributed by atoms with Gasteiger partial charge in [-0.1, -0.05) is 69.6 Å². The van der Waals surface area contributed by atoms with Crippen molar-refractivity contribution in [2.75, 3.05) is 4.90 Å². The number of hydrogen-bond donors (Lipinski definition) is 0. The summed E-state index contributed by atoms with van der Waals surface area (Å²) < 4.78 is 0. The first-order valence-corrected chi connectivity index (χ1v) is 13.4. The Morgan fingerprint density at radius 3 is 1.93 bits per heavy atom. The maximum Gasteiger partial charge on any atom is 0.0858 e. The van der Waals surface area contributed by atoms with Crippen LogP contribution in [-0.4, -0.2) is 29.2 Å². The molecule has 2 nitrogen and oxygen atoms in total. The van der Waals surface area contributed by atoms with Gasteiger partial charge in [-0.2, -0.15) is 0 Å². The van der Waals surface area contributed by atoms with Crippen molar-refractivity contribution in [3.05, 3.63) is 29.8 Å². The van der Waals surface area contributed by atoms with Crippen molar-refractivity contribution in [2.45, 2.75) is 128 Å². The van der Waals surface area contributed by atoms with Crippen LogP contribution < -0.4 is 4.90 Å². The van der Waals surface area contributed by atoms with Gasteiger partial charge < -0.3 is 4.90 Å². The molecule has 1 saturated heterocycles. The van der Waals surface area contributed by atoms with E-state index < -0.39 is 0 Å². The van der Waals surface area contributed by atoms with E-state index in [1.54, 1.807) is 0 Å². The number of hydrogen-bond acceptors (Lipinski definition) is 2. The number of rotatable bonds is 4. The maximum atomic E-state index is 3.17. The highest BCUT2D eigenvalue weighted by molar-refractivity contribution is 5.56. The Kier molecular flexibility index (Phi) is 6.42. The summed E-state index contributed by atoms with van der Waals surface area (Å²) in [4.78, 5) is 6.12. The van der Waals surface area contributed by atoms with Crippen LogP contribution in [-0.2, 0) is 0 Å². The van der Waals surface area contributed by atoms with E-state index in [2.05, 4.69) is 47.9 Å². The number of nitrogens with zero attached hydrogens (tertiary/aromatic N) is 2. The highest BCUT2D eigenvalue weighted by Gasteiger charge is 2.53. The molecule has 0 aromatic heterocycles. The van der Waals surface area contributed by atoms with Gasteiger partial charge in [0.15, 0.2) is 0 Å². The molecule has 3 aliphatic carbocycles. The second-order valence-electron chi connectivity index (χ2n) is 11.0. The summed E-state index contributed by atoms with van der Waals surface area (Å²) in [6.45, 7) is 4.93. The van der Waals surface area contributed by atoms with Crippen molar-refractivity contribution in [1.82, 2.24) is 4.90 Å². The molecule has 4 fully saturated rings. The molecule has 0 N–H and O–H groups in total. The molecule has 1 aromatic rings. The van der Waals surface area contributed by atoms with Gasteiger partial charge in [0.1, 0.15) is 0 Å². The molecule has 5 rings (SSSR count). The summed E-state index contributed by atoms with van der Waals surface area (Å²) in [5, 5.41) is 0. The van der Waals surface area contributed by atoms with Gasteiger partial charge in [0, 0.05) is 23.8 Å². The number of benzene rings is 1. The molecule has 0 amide bonds. The third-order valence-electron chi connectivity index (χ3n) is 9.21. The summed E-state index contributed by atoms with van der Waals surface area (Å²) in [5.74, 6) is 1.77. The van der Waals surface area contributed by atoms with Gasteiger partial charge in [0.2, 0.25) is 0 Å². The lowest BCUT2D eigenvalue weighted by atomic mass is 9.83. The van der Waals surface area contributed by atoms with E-state index in [4.69, 9.17) is 0 Å². The van der Waals surface area contributed by atoms with Gasteiger partial charge in [-0.3, -0.25) is 4.90 Å². The number of aryl methyl sites for hydroxylation is 1. The van der Waals surface area contributed by atoms with Gasteiger partial charge in [-0.05, 0) is 75.8 Å². The van der Waals surface area contributed by atoms with Crippen molar-refractivity contribution >= 4 is 5.69 Å². The molecule has 1 aliphatic heterocycles. The fourth-order valence-electron chi connectivity index (χ4n) is 7.87. The van der Waals surface area contributed by atoms with Crippen LogP contribution in [0.3, 0.4) is 0 Å². The number of anilines is 1. The normalized spacial score (nSPS) is 32.9.